The molecule has 2 N–H and O–H groups in total. The lowest BCUT2D eigenvalue weighted by Crippen LogP contribution is -2.23. The molecule has 0 atom stereocenters. The molecule has 1 aromatic heterocycles. The molecule has 12 heteroatoms. The lowest BCUT2D eigenvalue weighted by Gasteiger charge is -2.12. The first kappa shape index (κ1) is 26.9. The monoisotopic (exact) mass is 565 g/mol. The predicted octanol–water partition coefficient (Wildman–Crippen LogP) is 7.20. The summed E-state index contributed by atoms with van der Waals surface area (Å²) in [6.07, 6.45) is -1.49. The second kappa shape index (κ2) is 11.2. The normalized spacial score (nSPS) is 11.7. The van der Waals surface area contributed by atoms with Gasteiger partial charge in [0.15, 0.2) is 0 Å². The van der Waals surface area contributed by atoms with Crippen LogP contribution in [0.15, 0.2) is 83.5 Å². The minimum absolute atomic E-state index is 0.291. The van der Waals surface area contributed by atoms with Gasteiger partial charge in [0.2, 0.25) is 0 Å². The van der Waals surface area contributed by atoms with Gasteiger partial charge in [-0.3, -0.25) is 9.29 Å². The van der Waals surface area contributed by atoms with Crippen LogP contribution in [0.2, 0.25) is 0 Å². The van der Waals surface area contributed by atoms with Crippen molar-refractivity contribution in [2.45, 2.75) is 13.3 Å². The Hall–Kier alpha value is -4.71. The summed E-state index contributed by atoms with van der Waals surface area (Å²) in [5.41, 5.74) is 4.47. The Morgan fingerprint density at radius 2 is 1.88 bits per heavy atom. The van der Waals surface area contributed by atoms with Crippen LogP contribution >= 0.6 is 12.1 Å². The molecule has 1 heterocycles. The van der Waals surface area contributed by atoms with E-state index in [-0.39, 0.29) is 5.75 Å². The molecular formula is C28H22F3N5O3S. The van der Waals surface area contributed by atoms with Crippen molar-refractivity contribution < 1.29 is 27.4 Å². The molecule has 5 rings (SSSR count). The van der Waals surface area contributed by atoms with Crippen molar-refractivity contribution in [3.8, 4) is 17.2 Å². The molecule has 40 heavy (non-hydrogen) atoms. The maximum absolute atomic E-state index is 12.5. The van der Waals surface area contributed by atoms with E-state index < -0.39 is 12.4 Å². The van der Waals surface area contributed by atoms with E-state index in [0.29, 0.717) is 17.1 Å². The summed E-state index contributed by atoms with van der Waals surface area (Å²) in [4.78, 5) is 16.8. The van der Waals surface area contributed by atoms with Crippen LogP contribution < -0.4 is 19.5 Å². The largest absolute Gasteiger partial charge is 0.573 e. The van der Waals surface area contributed by atoms with Gasteiger partial charge in [0, 0.05) is 17.3 Å². The number of aromatic nitrogens is 2. The van der Waals surface area contributed by atoms with Crippen LogP contribution in [0.5, 0.6) is 11.5 Å². The number of benzene rings is 4. The standard InChI is InChI=1S/C28H22F3N5O3S/c1-17-4-3-5-24(38-2)25(17)34-27(37)35-40-33-15-18-6-12-22-19(14-18)7-13-23-26(22)32-16-36(23)20-8-10-21(11-9-20)39-28(29,30)31/h3-16H,1-2H3,(H2,34,35,37). The highest BCUT2D eigenvalue weighted by Gasteiger charge is 2.31. The molecule has 0 aliphatic heterocycles. The van der Waals surface area contributed by atoms with E-state index in [1.807, 2.05) is 49.4 Å². The molecule has 8 nitrogen and oxygen atoms in total. The van der Waals surface area contributed by atoms with E-state index in [2.05, 4.69) is 24.2 Å². The number of hydrogen-bond acceptors (Lipinski definition) is 6. The fourth-order valence-corrected chi connectivity index (χ4v) is 4.55. The summed E-state index contributed by atoms with van der Waals surface area (Å²) in [5, 5.41) is 4.60. The van der Waals surface area contributed by atoms with Gasteiger partial charge in [-0.05, 0) is 65.9 Å². The summed E-state index contributed by atoms with van der Waals surface area (Å²) in [6.45, 7) is 1.87. The zero-order chi connectivity index (χ0) is 28.3. The SMILES string of the molecule is COc1cccc(C)c1NC(=O)NSN=Cc1ccc2c(ccc3c2ncn3-c2ccc(OC(F)(F)F)cc2)c1. The number of rotatable bonds is 7. The van der Waals surface area contributed by atoms with Gasteiger partial charge in [-0.2, -0.15) is 0 Å². The fourth-order valence-electron chi connectivity index (χ4n) is 4.19. The first-order valence-corrected chi connectivity index (χ1v) is 12.6. The summed E-state index contributed by atoms with van der Waals surface area (Å²) in [6, 6.07) is 20.2. The number of carbonyl (C=O) groups excluding carboxylic acids is 1. The number of carbonyl (C=O) groups is 1. The van der Waals surface area contributed by atoms with E-state index >= 15 is 0 Å². The first-order chi connectivity index (χ1) is 19.2. The molecule has 0 saturated carbocycles. The Morgan fingerprint density at radius 3 is 2.62 bits per heavy atom. The van der Waals surface area contributed by atoms with Crippen molar-refractivity contribution in [1.82, 2.24) is 14.3 Å². The lowest BCUT2D eigenvalue weighted by molar-refractivity contribution is -0.274. The second-order valence-corrected chi connectivity index (χ2v) is 9.20. The number of ether oxygens (including phenoxy) is 2. The highest BCUT2D eigenvalue weighted by Crippen LogP contribution is 2.29. The Balaban J connectivity index is 1.26. The van der Waals surface area contributed by atoms with Crippen molar-refractivity contribution in [2.75, 3.05) is 12.4 Å². The number of methoxy groups -OCH3 is 1. The van der Waals surface area contributed by atoms with Gasteiger partial charge < -0.3 is 14.8 Å². The van der Waals surface area contributed by atoms with E-state index in [4.69, 9.17) is 4.74 Å². The third-order valence-corrected chi connectivity index (χ3v) is 6.48. The molecule has 0 saturated heterocycles. The number of imidazole rings is 1. The Bertz CT molecular complexity index is 1720. The predicted molar refractivity (Wildman–Crippen MR) is 150 cm³/mol. The summed E-state index contributed by atoms with van der Waals surface area (Å²) in [5.74, 6) is 0.271. The average Bonchev–Trinajstić information content (AvgIpc) is 3.36. The smallest absolute Gasteiger partial charge is 0.495 e. The molecule has 0 spiro atoms. The second-order valence-electron chi connectivity index (χ2n) is 8.60. The van der Waals surface area contributed by atoms with Gasteiger partial charge in [0.25, 0.3) is 0 Å². The fraction of sp³-hybridized carbons (Fsp3) is 0.107. The number of alkyl halides is 3. The average molecular weight is 566 g/mol. The first-order valence-electron chi connectivity index (χ1n) is 11.9. The minimum atomic E-state index is -4.74. The number of nitrogens with zero attached hydrogens (tertiary/aromatic N) is 3. The third-order valence-electron chi connectivity index (χ3n) is 5.99. The molecule has 0 aliphatic rings. The van der Waals surface area contributed by atoms with Crippen molar-refractivity contribution in [2.24, 2.45) is 4.40 Å². The Labute approximate surface area is 231 Å². The summed E-state index contributed by atoms with van der Waals surface area (Å²) < 4.78 is 55.2. The highest BCUT2D eigenvalue weighted by molar-refractivity contribution is 7.96. The lowest BCUT2D eigenvalue weighted by atomic mass is 10.1. The minimum Gasteiger partial charge on any atom is -0.495 e. The highest BCUT2D eigenvalue weighted by atomic mass is 32.2. The maximum atomic E-state index is 12.5. The van der Waals surface area contributed by atoms with Crippen molar-refractivity contribution in [1.29, 1.82) is 0 Å². The van der Waals surface area contributed by atoms with Crippen molar-refractivity contribution >= 4 is 51.9 Å². The number of para-hydroxylation sites is 1. The molecule has 0 aliphatic carbocycles. The number of amides is 2. The van der Waals surface area contributed by atoms with Crippen LogP contribution in [0, 0.1) is 6.92 Å². The summed E-state index contributed by atoms with van der Waals surface area (Å²) >= 11 is 0.887. The van der Waals surface area contributed by atoms with Gasteiger partial charge >= 0.3 is 12.4 Å². The number of anilines is 1. The number of halogens is 3. The maximum Gasteiger partial charge on any atom is 0.573 e. The molecule has 0 fully saturated rings. The quantitative estimate of drug-likeness (QED) is 0.161. The van der Waals surface area contributed by atoms with Crippen LogP contribution in [0.4, 0.5) is 23.7 Å². The van der Waals surface area contributed by atoms with Crippen LogP contribution in [0.25, 0.3) is 27.5 Å². The van der Waals surface area contributed by atoms with E-state index in [1.165, 1.54) is 31.4 Å². The topological polar surface area (TPSA) is 89.8 Å². The number of aryl methyl sites for hydroxylation is 1. The van der Waals surface area contributed by atoms with E-state index in [9.17, 15) is 18.0 Å². The zero-order valence-electron chi connectivity index (χ0n) is 21.2. The molecule has 4 aromatic carbocycles. The number of fused-ring (bicyclic) bond motifs is 3. The van der Waals surface area contributed by atoms with Gasteiger partial charge in [-0.25, -0.2) is 14.2 Å². The van der Waals surface area contributed by atoms with Crippen molar-refractivity contribution in [3.63, 3.8) is 0 Å². The van der Waals surface area contributed by atoms with E-state index in [1.54, 1.807) is 23.2 Å². The Morgan fingerprint density at radius 1 is 1.07 bits per heavy atom. The number of hydrogen-bond donors (Lipinski definition) is 2. The van der Waals surface area contributed by atoms with Crippen LogP contribution in [-0.4, -0.2) is 35.3 Å². The molecule has 204 valence electrons. The van der Waals surface area contributed by atoms with Gasteiger partial charge in [-0.1, -0.05) is 30.3 Å². The summed E-state index contributed by atoms with van der Waals surface area (Å²) in [7, 11) is 1.54. The van der Waals surface area contributed by atoms with Gasteiger partial charge in [-0.15, -0.1) is 13.2 Å². The molecule has 2 amide bonds. The van der Waals surface area contributed by atoms with Crippen molar-refractivity contribution in [3.05, 3.63) is 90.3 Å². The molecule has 0 bridgehead atoms. The molecule has 0 radical (unpaired) electrons. The van der Waals surface area contributed by atoms with E-state index in [0.717, 1.165) is 45.1 Å². The van der Waals surface area contributed by atoms with Gasteiger partial charge in [0.05, 0.1) is 36.0 Å². The van der Waals surface area contributed by atoms with Crippen LogP contribution in [0.1, 0.15) is 11.1 Å². The third kappa shape index (κ3) is 5.96. The molecular weight excluding hydrogens is 543 g/mol. The molecule has 5 aromatic rings. The van der Waals surface area contributed by atoms with Crippen LogP contribution in [-0.2, 0) is 0 Å². The molecule has 0 unspecified atom stereocenters. The van der Waals surface area contributed by atoms with Gasteiger partial charge in [0.1, 0.15) is 17.8 Å². The van der Waals surface area contributed by atoms with Crippen LogP contribution in [0.3, 0.4) is 0 Å². The Kier molecular flexibility index (Phi) is 7.52. The number of nitrogens with one attached hydrogen (secondary N) is 2. The number of urea groups is 1. The zero-order valence-corrected chi connectivity index (χ0v) is 22.0.